The van der Waals surface area contributed by atoms with Gasteiger partial charge in [0, 0.05) is 38.4 Å². The van der Waals surface area contributed by atoms with Gasteiger partial charge in [0.2, 0.25) is 0 Å². The maximum atomic E-state index is 6.57. The van der Waals surface area contributed by atoms with Gasteiger partial charge < -0.3 is 4.42 Å². The summed E-state index contributed by atoms with van der Waals surface area (Å²) in [7, 11) is 0. The fourth-order valence-corrected chi connectivity index (χ4v) is 9.82. The zero-order chi connectivity index (χ0) is 42.8. The second kappa shape index (κ2) is 15.0. The minimum Gasteiger partial charge on any atom is -0.455 e. The lowest BCUT2D eigenvalue weighted by Crippen LogP contribution is -2.15. The lowest BCUT2D eigenvalue weighted by Gasteiger charge is -2.22. The third kappa shape index (κ3) is 6.36. The first-order valence-corrected chi connectivity index (χ1v) is 22.0. The number of rotatable bonds is 7. The van der Waals surface area contributed by atoms with Gasteiger partial charge >= 0.3 is 0 Å². The van der Waals surface area contributed by atoms with Crippen molar-refractivity contribution in [1.29, 1.82) is 0 Å². The van der Waals surface area contributed by atoms with Crippen LogP contribution >= 0.6 is 0 Å². The Morgan fingerprint density at radius 2 is 0.906 bits per heavy atom. The molecular weight excluding hydrogens is 777 g/mol. The highest BCUT2D eigenvalue weighted by Gasteiger charge is 2.37. The highest BCUT2D eigenvalue weighted by Crippen LogP contribution is 2.53. The third-order valence-corrected chi connectivity index (χ3v) is 13.1. The van der Waals surface area contributed by atoms with E-state index in [1.165, 1.54) is 44.5 Å². The third-order valence-electron chi connectivity index (χ3n) is 13.1. The van der Waals surface area contributed by atoms with Crippen LogP contribution in [0.2, 0.25) is 0 Å². The quantitative estimate of drug-likeness (QED) is 0.161. The van der Waals surface area contributed by atoms with E-state index in [0.717, 1.165) is 72.3 Å². The summed E-state index contributed by atoms with van der Waals surface area (Å²) in [4.78, 5) is 10.5. The molecule has 12 rings (SSSR count). The normalized spacial score (nSPS) is 12.7. The van der Waals surface area contributed by atoms with Gasteiger partial charge in [0.1, 0.15) is 11.2 Å². The Labute approximate surface area is 373 Å². The van der Waals surface area contributed by atoms with Crippen molar-refractivity contribution < 1.29 is 4.42 Å². The summed E-state index contributed by atoms with van der Waals surface area (Å²) >= 11 is 0. The molecule has 64 heavy (non-hydrogen) atoms. The molecule has 3 heteroatoms. The smallest absolute Gasteiger partial charge is 0.160 e. The molecule has 2 aromatic heterocycles. The van der Waals surface area contributed by atoms with Crippen molar-refractivity contribution >= 4 is 21.9 Å². The minimum absolute atomic E-state index is 0.132. The Kier molecular flexibility index (Phi) is 8.84. The van der Waals surface area contributed by atoms with Crippen LogP contribution < -0.4 is 0 Å². The van der Waals surface area contributed by atoms with Gasteiger partial charge in [0.25, 0.3) is 0 Å². The van der Waals surface area contributed by atoms with Crippen LogP contribution in [0.3, 0.4) is 0 Å². The number of fused-ring (bicyclic) bond motifs is 6. The molecule has 0 bridgehead atoms. The molecule has 11 aromatic rings. The predicted octanol–water partition coefficient (Wildman–Crippen LogP) is 16.4. The molecule has 0 radical (unpaired) electrons. The molecule has 0 N–H and O–H groups in total. The SMILES string of the molecule is CC1(C)c2cc(-c3ccc(-c4cc(-c5cc(-c6ccccc6)cc(-c6cccc7c6oc6ccccc67)c5)nc(-c5ccccc5)n4)cc3)ccc2-c2c(-c3ccccc3)cccc21. The molecule has 0 atom stereocenters. The first-order valence-electron chi connectivity index (χ1n) is 22.0. The van der Waals surface area contributed by atoms with Crippen LogP contribution in [0.4, 0.5) is 0 Å². The van der Waals surface area contributed by atoms with E-state index in [4.69, 9.17) is 14.4 Å². The standard InChI is InChI=1S/C61H42N2O/c1-61(2)53-26-15-23-48(41-18-8-4-9-19-41)58(53)52-33-32-44(37-54(52)61)40-28-30-42(31-29-40)55-38-56(63-60(62-55)43-20-10-5-11-21-43)47-35-45(39-16-6-3-7-17-39)34-46(36-47)49-24-14-25-51-50-22-12-13-27-57(50)64-59(49)51/h3-38H,1-2H3. The lowest BCUT2D eigenvalue weighted by molar-refractivity contribution is 0.660. The summed E-state index contributed by atoms with van der Waals surface area (Å²) < 4.78 is 6.57. The molecule has 0 unspecified atom stereocenters. The largest absolute Gasteiger partial charge is 0.455 e. The van der Waals surface area contributed by atoms with Crippen molar-refractivity contribution in [3.8, 4) is 89.5 Å². The van der Waals surface area contributed by atoms with Crippen molar-refractivity contribution in [3.05, 3.63) is 230 Å². The molecule has 2 heterocycles. The highest BCUT2D eigenvalue weighted by atomic mass is 16.3. The van der Waals surface area contributed by atoms with E-state index >= 15 is 0 Å². The van der Waals surface area contributed by atoms with Gasteiger partial charge in [-0.3, -0.25) is 0 Å². The molecule has 0 fully saturated rings. The summed E-state index contributed by atoms with van der Waals surface area (Å²) in [6.45, 7) is 4.71. The fraction of sp³-hybridized carbons (Fsp3) is 0.0492. The van der Waals surface area contributed by atoms with Crippen LogP contribution in [0.1, 0.15) is 25.0 Å². The van der Waals surface area contributed by atoms with Gasteiger partial charge in [0.15, 0.2) is 5.82 Å². The van der Waals surface area contributed by atoms with E-state index in [-0.39, 0.29) is 5.41 Å². The second-order valence-electron chi connectivity index (χ2n) is 17.3. The van der Waals surface area contributed by atoms with Crippen molar-refractivity contribution in [1.82, 2.24) is 9.97 Å². The Morgan fingerprint density at radius 1 is 0.344 bits per heavy atom. The van der Waals surface area contributed by atoms with Gasteiger partial charge in [-0.15, -0.1) is 0 Å². The van der Waals surface area contributed by atoms with E-state index in [1.54, 1.807) is 0 Å². The maximum absolute atomic E-state index is 6.57. The second-order valence-corrected chi connectivity index (χ2v) is 17.3. The van der Waals surface area contributed by atoms with Gasteiger partial charge in [-0.1, -0.05) is 196 Å². The number of nitrogens with zero attached hydrogens (tertiary/aromatic N) is 2. The zero-order valence-electron chi connectivity index (χ0n) is 35.6. The molecule has 0 saturated carbocycles. The van der Waals surface area contributed by atoms with E-state index in [0.29, 0.717) is 5.82 Å². The number of furan rings is 1. The van der Waals surface area contributed by atoms with Crippen LogP contribution in [0.5, 0.6) is 0 Å². The van der Waals surface area contributed by atoms with E-state index in [1.807, 2.05) is 30.3 Å². The average Bonchev–Trinajstić information content (AvgIpc) is 3.86. The van der Waals surface area contributed by atoms with Crippen molar-refractivity contribution in [2.45, 2.75) is 19.3 Å². The lowest BCUT2D eigenvalue weighted by atomic mass is 9.81. The molecule has 9 aromatic carbocycles. The summed E-state index contributed by atoms with van der Waals surface area (Å²) in [5.41, 5.74) is 20.9. The number of para-hydroxylation sites is 2. The van der Waals surface area contributed by atoms with E-state index < -0.39 is 0 Å². The van der Waals surface area contributed by atoms with Crippen molar-refractivity contribution in [3.63, 3.8) is 0 Å². The van der Waals surface area contributed by atoms with Gasteiger partial charge in [-0.25, -0.2) is 9.97 Å². The summed E-state index contributed by atoms with van der Waals surface area (Å²) in [5.74, 6) is 0.679. The Hall–Kier alpha value is -8.14. The molecule has 0 aliphatic heterocycles. The van der Waals surface area contributed by atoms with Crippen molar-refractivity contribution in [2.75, 3.05) is 0 Å². The van der Waals surface area contributed by atoms with Crippen LogP contribution in [0.15, 0.2) is 223 Å². The molecule has 0 spiro atoms. The van der Waals surface area contributed by atoms with Crippen LogP contribution in [-0.4, -0.2) is 9.97 Å². The first-order chi connectivity index (χ1) is 31.5. The predicted molar refractivity (Wildman–Crippen MR) is 265 cm³/mol. The summed E-state index contributed by atoms with van der Waals surface area (Å²) in [6.07, 6.45) is 0. The van der Waals surface area contributed by atoms with Crippen LogP contribution in [0.25, 0.3) is 111 Å². The van der Waals surface area contributed by atoms with Crippen LogP contribution in [-0.2, 0) is 5.41 Å². The molecule has 1 aliphatic carbocycles. The molecule has 302 valence electrons. The van der Waals surface area contributed by atoms with Gasteiger partial charge in [0.05, 0.1) is 11.4 Å². The van der Waals surface area contributed by atoms with E-state index in [9.17, 15) is 0 Å². The minimum atomic E-state index is -0.132. The van der Waals surface area contributed by atoms with Gasteiger partial charge in [-0.2, -0.15) is 0 Å². The molecule has 3 nitrogen and oxygen atoms in total. The number of benzene rings is 9. The topological polar surface area (TPSA) is 38.9 Å². The molecular formula is C61H42N2O. The highest BCUT2D eigenvalue weighted by molar-refractivity contribution is 6.10. The monoisotopic (exact) mass is 818 g/mol. The first kappa shape index (κ1) is 37.6. The van der Waals surface area contributed by atoms with E-state index in [2.05, 4.69) is 202 Å². The molecule has 0 amide bonds. The van der Waals surface area contributed by atoms with Crippen LogP contribution in [0, 0.1) is 0 Å². The number of aromatic nitrogens is 2. The zero-order valence-corrected chi connectivity index (χ0v) is 35.6. The molecule has 1 aliphatic rings. The number of hydrogen-bond donors (Lipinski definition) is 0. The Bertz CT molecular complexity index is 3550. The molecule has 0 saturated heterocycles. The Morgan fingerprint density at radius 3 is 1.67 bits per heavy atom. The van der Waals surface area contributed by atoms with Gasteiger partial charge in [-0.05, 0) is 97.6 Å². The van der Waals surface area contributed by atoms with Crippen molar-refractivity contribution in [2.24, 2.45) is 0 Å². The maximum Gasteiger partial charge on any atom is 0.160 e. The Balaban J connectivity index is 0.964. The fourth-order valence-electron chi connectivity index (χ4n) is 9.82. The summed E-state index contributed by atoms with van der Waals surface area (Å²) in [6, 6.07) is 77.8. The average molecular weight is 819 g/mol. The number of hydrogen-bond acceptors (Lipinski definition) is 3. The summed E-state index contributed by atoms with van der Waals surface area (Å²) in [5, 5.41) is 2.21.